The Bertz CT molecular complexity index is 797. The summed E-state index contributed by atoms with van der Waals surface area (Å²) in [6, 6.07) is 6.67. The lowest BCUT2D eigenvalue weighted by atomic mass is 9.96. The number of hydrogen-bond acceptors (Lipinski definition) is 6. The Hall–Kier alpha value is -2.67. The highest BCUT2D eigenvalue weighted by Gasteiger charge is 2.30. The molecule has 0 bridgehead atoms. The first-order valence-electron chi connectivity index (χ1n) is 6.91. The highest BCUT2D eigenvalue weighted by Crippen LogP contribution is 2.33. The second kappa shape index (κ2) is 6.21. The van der Waals surface area contributed by atoms with Crippen molar-refractivity contribution < 1.29 is 14.6 Å². The number of amidine groups is 1. The molecule has 2 heterocycles. The Morgan fingerprint density at radius 2 is 2.26 bits per heavy atom. The third-order valence-electron chi connectivity index (χ3n) is 3.56. The smallest absolute Gasteiger partial charge is 0.335 e. The molecular weight excluding hydrogens is 314 g/mol. The van der Waals surface area contributed by atoms with Crippen molar-refractivity contribution in [3.63, 3.8) is 0 Å². The van der Waals surface area contributed by atoms with Crippen LogP contribution in [0.2, 0.25) is 0 Å². The van der Waals surface area contributed by atoms with Gasteiger partial charge in [-0.2, -0.15) is 0 Å². The van der Waals surface area contributed by atoms with Crippen LogP contribution in [0.5, 0.6) is 5.75 Å². The number of carboxylic acids is 1. The SMILES string of the molecule is COc1cccc(C2N=C(c3cscn3)NC(C)=C2C(=O)O)c1. The van der Waals surface area contributed by atoms with Gasteiger partial charge in [-0.3, -0.25) is 4.99 Å². The Balaban J connectivity index is 2.10. The van der Waals surface area contributed by atoms with Gasteiger partial charge in [0.05, 0.1) is 18.2 Å². The lowest BCUT2D eigenvalue weighted by Crippen LogP contribution is -2.32. The van der Waals surface area contributed by atoms with E-state index in [2.05, 4.69) is 15.3 Å². The van der Waals surface area contributed by atoms with Crippen molar-refractivity contribution in [1.29, 1.82) is 0 Å². The van der Waals surface area contributed by atoms with Gasteiger partial charge in [0, 0.05) is 11.1 Å². The average molecular weight is 329 g/mol. The predicted octanol–water partition coefficient (Wildman–Crippen LogP) is 2.60. The van der Waals surface area contributed by atoms with Gasteiger partial charge in [0.1, 0.15) is 17.5 Å². The highest BCUT2D eigenvalue weighted by atomic mass is 32.1. The molecule has 0 fully saturated rings. The van der Waals surface area contributed by atoms with Gasteiger partial charge in [-0.25, -0.2) is 9.78 Å². The number of hydrogen-bond donors (Lipinski definition) is 2. The number of benzene rings is 1. The largest absolute Gasteiger partial charge is 0.497 e. The van der Waals surface area contributed by atoms with Crippen LogP contribution in [-0.2, 0) is 4.79 Å². The minimum atomic E-state index is -0.996. The molecule has 0 saturated heterocycles. The van der Waals surface area contributed by atoms with Crippen molar-refractivity contribution >= 4 is 23.1 Å². The van der Waals surface area contributed by atoms with Gasteiger partial charge in [-0.05, 0) is 24.6 Å². The highest BCUT2D eigenvalue weighted by molar-refractivity contribution is 7.07. The average Bonchev–Trinajstić information content (AvgIpc) is 3.08. The number of nitrogens with zero attached hydrogens (tertiary/aromatic N) is 2. The summed E-state index contributed by atoms with van der Waals surface area (Å²) in [5.74, 6) is 0.235. The summed E-state index contributed by atoms with van der Waals surface area (Å²) in [5, 5.41) is 14.5. The number of nitrogens with one attached hydrogen (secondary N) is 1. The Kier molecular flexibility index (Phi) is 4.12. The molecule has 23 heavy (non-hydrogen) atoms. The fourth-order valence-corrected chi connectivity index (χ4v) is 3.00. The fraction of sp³-hybridized carbons (Fsp3) is 0.188. The van der Waals surface area contributed by atoms with Gasteiger partial charge in [0.25, 0.3) is 0 Å². The van der Waals surface area contributed by atoms with Crippen molar-refractivity contribution in [2.24, 2.45) is 4.99 Å². The van der Waals surface area contributed by atoms with Crippen molar-refractivity contribution in [2.75, 3.05) is 7.11 Å². The molecule has 118 valence electrons. The van der Waals surface area contributed by atoms with Crippen LogP contribution in [0.3, 0.4) is 0 Å². The second-order valence-corrected chi connectivity index (χ2v) is 5.72. The van der Waals surface area contributed by atoms with Crippen molar-refractivity contribution in [3.05, 3.63) is 57.7 Å². The standard InChI is InChI=1S/C16H15N3O3S/c1-9-13(16(20)21)14(10-4-3-5-11(6-10)22-2)19-15(18-9)12-7-23-8-17-12/h3-8,14H,1-2H3,(H,18,19)(H,20,21). The van der Waals surface area contributed by atoms with Gasteiger partial charge in [0.15, 0.2) is 5.84 Å². The zero-order valence-corrected chi connectivity index (χ0v) is 13.4. The molecule has 0 saturated carbocycles. The minimum absolute atomic E-state index is 0.220. The summed E-state index contributed by atoms with van der Waals surface area (Å²) in [6.07, 6.45) is 0. The van der Waals surface area contributed by atoms with E-state index in [1.807, 2.05) is 23.6 Å². The maximum atomic E-state index is 11.7. The lowest BCUT2D eigenvalue weighted by molar-refractivity contribution is -0.133. The molecule has 2 aromatic rings. The molecular formula is C16H15N3O3S. The van der Waals surface area contributed by atoms with Gasteiger partial charge < -0.3 is 15.2 Å². The maximum Gasteiger partial charge on any atom is 0.335 e. The van der Waals surface area contributed by atoms with Crippen molar-refractivity contribution in [3.8, 4) is 5.75 Å². The number of carbonyl (C=O) groups is 1. The Morgan fingerprint density at radius 3 is 2.91 bits per heavy atom. The molecule has 1 aromatic carbocycles. The topological polar surface area (TPSA) is 83.8 Å². The van der Waals surface area contributed by atoms with E-state index in [0.29, 0.717) is 23.0 Å². The minimum Gasteiger partial charge on any atom is -0.497 e. The van der Waals surface area contributed by atoms with Crippen LogP contribution in [0, 0.1) is 0 Å². The summed E-state index contributed by atoms with van der Waals surface area (Å²) >= 11 is 1.46. The van der Waals surface area contributed by atoms with Crippen molar-refractivity contribution in [2.45, 2.75) is 13.0 Å². The van der Waals surface area contributed by atoms with E-state index in [4.69, 9.17) is 4.74 Å². The van der Waals surface area contributed by atoms with E-state index in [-0.39, 0.29) is 5.57 Å². The van der Waals surface area contributed by atoms with Crippen LogP contribution in [0.25, 0.3) is 0 Å². The molecule has 2 N–H and O–H groups in total. The summed E-state index contributed by atoms with van der Waals surface area (Å²) in [7, 11) is 1.57. The molecule has 1 aliphatic rings. The van der Waals surface area contributed by atoms with Crippen LogP contribution in [0.4, 0.5) is 0 Å². The van der Waals surface area contributed by atoms with E-state index in [1.54, 1.807) is 25.6 Å². The normalized spacial score (nSPS) is 17.5. The molecule has 1 aliphatic heterocycles. The first-order valence-corrected chi connectivity index (χ1v) is 7.86. The van der Waals surface area contributed by atoms with Crippen LogP contribution >= 0.6 is 11.3 Å². The number of ether oxygens (including phenoxy) is 1. The second-order valence-electron chi connectivity index (χ2n) is 5.00. The number of rotatable bonds is 4. The van der Waals surface area contributed by atoms with Gasteiger partial charge in [0.2, 0.25) is 0 Å². The van der Waals surface area contributed by atoms with E-state index in [9.17, 15) is 9.90 Å². The number of aliphatic carboxylic acids is 1. The Morgan fingerprint density at radius 1 is 1.43 bits per heavy atom. The summed E-state index contributed by atoms with van der Waals surface area (Å²) in [4.78, 5) is 20.5. The number of aromatic nitrogens is 1. The molecule has 3 rings (SSSR count). The fourth-order valence-electron chi connectivity index (χ4n) is 2.47. The van der Waals surface area contributed by atoms with Crippen LogP contribution < -0.4 is 10.1 Å². The number of methoxy groups -OCH3 is 1. The van der Waals surface area contributed by atoms with Crippen LogP contribution in [-0.4, -0.2) is 29.0 Å². The number of thiazole rings is 1. The molecule has 1 atom stereocenters. The van der Waals surface area contributed by atoms with Crippen LogP contribution in [0.1, 0.15) is 24.2 Å². The number of allylic oxidation sites excluding steroid dienone is 1. The quantitative estimate of drug-likeness (QED) is 0.901. The Labute approximate surface area is 137 Å². The zero-order chi connectivity index (χ0) is 16.4. The third-order valence-corrected chi connectivity index (χ3v) is 4.14. The predicted molar refractivity (Wildman–Crippen MR) is 87.9 cm³/mol. The van der Waals surface area contributed by atoms with Crippen LogP contribution in [0.15, 0.2) is 51.4 Å². The summed E-state index contributed by atoms with van der Waals surface area (Å²) < 4.78 is 5.23. The van der Waals surface area contributed by atoms with Gasteiger partial charge in [-0.15, -0.1) is 11.3 Å². The van der Waals surface area contributed by atoms with E-state index < -0.39 is 12.0 Å². The summed E-state index contributed by atoms with van der Waals surface area (Å²) in [5.41, 5.74) is 3.95. The van der Waals surface area contributed by atoms with Gasteiger partial charge >= 0.3 is 5.97 Å². The lowest BCUT2D eigenvalue weighted by Gasteiger charge is -2.24. The number of aliphatic imine (C=N–C) groups is 1. The summed E-state index contributed by atoms with van der Waals surface area (Å²) in [6.45, 7) is 1.73. The third kappa shape index (κ3) is 2.95. The van der Waals surface area contributed by atoms with E-state index in [0.717, 1.165) is 5.56 Å². The van der Waals surface area contributed by atoms with E-state index in [1.165, 1.54) is 11.3 Å². The molecule has 0 aliphatic carbocycles. The molecule has 1 unspecified atom stereocenters. The molecule has 6 nitrogen and oxygen atoms in total. The zero-order valence-electron chi connectivity index (χ0n) is 12.6. The molecule has 0 radical (unpaired) electrons. The molecule has 1 aromatic heterocycles. The number of carboxylic acid groups (broad SMARTS) is 1. The van der Waals surface area contributed by atoms with Crippen molar-refractivity contribution in [1.82, 2.24) is 10.3 Å². The molecule has 0 spiro atoms. The molecule has 0 amide bonds. The van der Waals surface area contributed by atoms with Gasteiger partial charge in [-0.1, -0.05) is 12.1 Å². The first kappa shape index (κ1) is 15.2. The first-order chi connectivity index (χ1) is 11.1. The monoisotopic (exact) mass is 329 g/mol. The molecule has 7 heteroatoms. The maximum absolute atomic E-state index is 11.7. The van der Waals surface area contributed by atoms with E-state index >= 15 is 0 Å².